The minimum Gasteiger partial charge on any atom is -0.368 e. The zero-order valence-corrected chi connectivity index (χ0v) is 18.8. The fourth-order valence-electron chi connectivity index (χ4n) is 3.01. The molecule has 0 aromatic carbocycles. The van der Waals surface area contributed by atoms with E-state index in [9.17, 15) is 14.4 Å². The molecule has 0 spiro atoms. The summed E-state index contributed by atoms with van der Waals surface area (Å²) in [4.78, 5) is 37.1. The molecule has 0 fully saturated rings. The van der Waals surface area contributed by atoms with Gasteiger partial charge in [-0.15, -0.1) is 0 Å². The van der Waals surface area contributed by atoms with Crippen molar-refractivity contribution in [1.82, 2.24) is 21.3 Å². The number of rotatable bonds is 18. The molecule has 10 N–H and O–H groups in total. The molecule has 0 radical (unpaired) electrons. The van der Waals surface area contributed by atoms with Crippen LogP contribution in [-0.2, 0) is 14.4 Å². The van der Waals surface area contributed by atoms with Gasteiger partial charge in [0.25, 0.3) is 0 Å². The highest BCUT2D eigenvalue weighted by molar-refractivity contribution is 5.91. The van der Waals surface area contributed by atoms with Crippen LogP contribution in [0.25, 0.3) is 0 Å². The van der Waals surface area contributed by atoms with E-state index >= 15 is 0 Å². The molecule has 176 valence electrons. The maximum Gasteiger partial charge on any atom is 0.243 e. The average molecular weight is 430 g/mol. The van der Waals surface area contributed by atoms with Crippen molar-refractivity contribution in [1.29, 1.82) is 0 Å². The standard InChI is InChI=1S/C20H43N7O3/c1-4-5-10-16(27-18(29)14(2)9-6-7-12-24-3)19(30)26-15(17(21)28)11-8-13-25-20(22)23/h14-16,20,24-25H,4-13,22-23H2,1-3H3,(H2,21,28)(H,26,30)(H,27,29). The second-order valence-electron chi connectivity index (χ2n) is 7.79. The van der Waals surface area contributed by atoms with Crippen molar-refractivity contribution in [3.63, 3.8) is 0 Å². The van der Waals surface area contributed by atoms with Gasteiger partial charge in [0.05, 0.1) is 0 Å². The molecule has 0 aliphatic heterocycles. The van der Waals surface area contributed by atoms with Gasteiger partial charge >= 0.3 is 0 Å². The summed E-state index contributed by atoms with van der Waals surface area (Å²) in [5.41, 5.74) is 16.3. The van der Waals surface area contributed by atoms with E-state index in [0.717, 1.165) is 38.6 Å². The lowest BCUT2D eigenvalue weighted by Gasteiger charge is -2.23. The Morgan fingerprint density at radius 3 is 2.03 bits per heavy atom. The van der Waals surface area contributed by atoms with Gasteiger partial charge in [0.15, 0.2) is 0 Å². The Labute approximate surface area is 180 Å². The topological polar surface area (TPSA) is 177 Å². The quantitative estimate of drug-likeness (QED) is 0.110. The number of hydrogen-bond donors (Lipinski definition) is 7. The molecule has 0 aliphatic carbocycles. The first-order valence-electron chi connectivity index (χ1n) is 11.0. The lowest BCUT2D eigenvalue weighted by molar-refractivity contribution is -0.132. The molecule has 3 amide bonds. The van der Waals surface area contributed by atoms with Crippen LogP contribution in [0.1, 0.15) is 65.2 Å². The minimum absolute atomic E-state index is 0.146. The van der Waals surface area contributed by atoms with Crippen LogP contribution in [0.4, 0.5) is 0 Å². The summed E-state index contributed by atoms with van der Waals surface area (Å²) in [5.74, 6) is -1.32. The Bertz CT molecular complexity index is 503. The molecule has 0 heterocycles. The van der Waals surface area contributed by atoms with Crippen LogP contribution in [0, 0.1) is 5.92 Å². The highest BCUT2D eigenvalue weighted by Gasteiger charge is 2.26. The van der Waals surface area contributed by atoms with Crippen molar-refractivity contribution in [2.24, 2.45) is 23.1 Å². The van der Waals surface area contributed by atoms with Crippen LogP contribution in [0.3, 0.4) is 0 Å². The molecule has 0 aromatic heterocycles. The first-order valence-corrected chi connectivity index (χ1v) is 11.0. The monoisotopic (exact) mass is 429 g/mol. The van der Waals surface area contributed by atoms with Gasteiger partial charge in [-0.25, -0.2) is 0 Å². The molecular weight excluding hydrogens is 386 g/mol. The first-order chi connectivity index (χ1) is 14.2. The Balaban J connectivity index is 4.77. The molecule has 30 heavy (non-hydrogen) atoms. The van der Waals surface area contributed by atoms with E-state index in [1.54, 1.807) is 0 Å². The van der Waals surface area contributed by atoms with Gasteiger partial charge in [0, 0.05) is 5.92 Å². The zero-order valence-electron chi connectivity index (χ0n) is 18.8. The summed E-state index contributed by atoms with van der Waals surface area (Å²) in [5, 5.41) is 11.5. The third kappa shape index (κ3) is 13.5. The average Bonchev–Trinajstić information content (AvgIpc) is 2.69. The van der Waals surface area contributed by atoms with Gasteiger partial charge < -0.3 is 33.2 Å². The van der Waals surface area contributed by atoms with Crippen LogP contribution < -0.4 is 38.5 Å². The van der Waals surface area contributed by atoms with Crippen LogP contribution in [0.5, 0.6) is 0 Å². The summed E-state index contributed by atoms with van der Waals surface area (Å²) in [7, 11) is 1.90. The summed E-state index contributed by atoms with van der Waals surface area (Å²) >= 11 is 0. The molecule has 0 bridgehead atoms. The number of unbranched alkanes of at least 4 members (excludes halogenated alkanes) is 2. The third-order valence-electron chi connectivity index (χ3n) is 4.95. The fraction of sp³-hybridized carbons (Fsp3) is 0.850. The molecule has 0 saturated heterocycles. The smallest absolute Gasteiger partial charge is 0.243 e. The van der Waals surface area contributed by atoms with Crippen LogP contribution in [-0.4, -0.2) is 56.2 Å². The fourth-order valence-corrected chi connectivity index (χ4v) is 3.01. The molecule has 10 nitrogen and oxygen atoms in total. The lowest BCUT2D eigenvalue weighted by Crippen LogP contribution is -2.53. The van der Waals surface area contributed by atoms with Crippen molar-refractivity contribution in [2.45, 2.75) is 83.6 Å². The van der Waals surface area contributed by atoms with Crippen LogP contribution >= 0.6 is 0 Å². The lowest BCUT2D eigenvalue weighted by atomic mass is 10.0. The van der Waals surface area contributed by atoms with E-state index < -0.39 is 24.3 Å². The van der Waals surface area contributed by atoms with Gasteiger partial charge in [-0.2, -0.15) is 0 Å². The predicted octanol–water partition coefficient (Wildman–Crippen LogP) is -0.772. The number of hydrogen-bond acceptors (Lipinski definition) is 7. The Hall–Kier alpha value is -1.75. The van der Waals surface area contributed by atoms with Crippen molar-refractivity contribution in [3.05, 3.63) is 0 Å². The second kappa shape index (κ2) is 17.0. The molecule has 0 saturated carbocycles. The largest absolute Gasteiger partial charge is 0.368 e. The van der Waals surface area contributed by atoms with E-state index in [1.807, 2.05) is 20.9 Å². The van der Waals surface area contributed by atoms with E-state index in [0.29, 0.717) is 25.8 Å². The summed E-state index contributed by atoms with van der Waals surface area (Å²) in [6, 6.07) is -1.50. The predicted molar refractivity (Wildman–Crippen MR) is 119 cm³/mol. The van der Waals surface area contributed by atoms with Crippen molar-refractivity contribution in [3.8, 4) is 0 Å². The van der Waals surface area contributed by atoms with E-state index in [-0.39, 0.29) is 17.7 Å². The molecule has 0 aliphatic rings. The normalized spacial score (nSPS) is 14.2. The molecule has 0 rings (SSSR count). The Morgan fingerprint density at radius 2 is 1.47 bits per heavy atom. The second-order valence-corrected chi connectivity index (χ2v) is 7.79. The molecule has 0 aromatic rings. The van der Waals surface area contributed by atoms with Crippen LogP contribution in [0.2, 0.25) is 0 Å². The first kappa shape index (κ1) is 28.2. The Kier molecular flexibility index (Phi) is 16.0. The van der Waals surface area contributed by atoms with Gasteiger partial charge in [-0.1, -0.05) is 33.1 Å². The van der Waals surface area contributed by atoms with Crippen LogP contribution in [0.15, 0.2) is 0 Å². The van der Waals surface area contributed by atoms with Crippen molar-refractivity contribution < 1.29 is 14.4 Å². The summed E-state index contributed by atoms with van der Waals surface area (Å²) < 4.78 is 0. The molecule has 10 heteroatoms. The number of carbonyl (C=O) groups excluding carboxylic acids is 3. The van der Waals surface area contributed by atoms with Gasteiger partial charge in [-0.3, -0.25) is 19.7 Å². The molecular formula is C20H43N7O3. The van der Waals surface area contributed by atoms with Gasteiger partial charge in [0.1, 0.15) is 18.4 Å². The minimum atomic E-state index is -0.812. The van der Waals surface area contributed by atoms with E-state index in [4.69, 9.17) is 17.2 Å². The zero-order chi connectivity index (χ0) is 22.9. The third-order valence-corrected chi connectivity index (χ3v) is 4.95. The van der Waals surface area contributed by atoms with Gasteiger partial charge in [-0.05, 0) is 52.2 Å². The maximum absolute atomic E-state index is 12.8. The van der Waals surface area contributed by atoms with Crippen molar-refractivity contribution in [2.75, 3.05) is 20.1 Å². The molecule has 3 atom stereocenters. The van der Waals surface area contributed by atoms with E-state index in [1.165, 1.54) is 0 Å². The van der Waals surface area contributed by atoms with Crippen molar-refractivity contribution >= 4 is 17.7 Å². The highest BCUT2D eigenvalue weighted by atomic mass is 16.2. The van der Waals surface area contributed by atoms with Gasteiger partial charge in [0.2, 0.25) is 17.7 Å². The number of nitrogens with two attached hydrogens (primary N) is 3. The Morgan fingerprint density at radius 1 is 0.833 bits per heavy atom. The summed E-state index contributed by atoms with van der Waals surface area (Å²) in [6.45, 7) is 5.29. The SMILES string of the molecule is CCCCC(NC(=O)C(C)CCCCNC)C(=O)NC(CCCNC(N)N)C(N)=O. The highest BCUT2D eigenvalue weighted by Crippen LogP contribution is 2.10. The number of primary amides is 1. The maximum atomic E-state index is 12.8. The van der Waals surface area contributed by atoms with E-state index in [2.05, 4.69) is 21.3 Å². The number of carbonyl (C=O) groups is 3. The molecule has 3 unspecified atom stereocenters. The number of nitrogens with one attached hydrogen (secondary N) is 4. The summed E-state index contributed by atoms with van der Waals surface area (Å²) in [6.07, 6.45) is 5.17. The number of amides is 3.